The zero-order valence-electron chi connectivity index (χ0n) is 15.8. The van der Waals surface area contributed by atoms with Gasteiger partial charge in [0.1, 0.15) is 0 Å². The summed E-state index contributed by atoms with van der Waals surface area (Å²) >= 11 is 0. The van der Waals surface area contributed by atoms with Crippen molar-refractivity contribution in [2.75, 3.05) is 0 Å². The lowest BCUT2D eigenvalue weighted by Crippen LogP contribution is -2.16. The lowest BCUT2D eigenvalue weighted by atomic mass is 10.1. The van der Waals surface area contributed by atoms with Crippen LogP contribution in [0.4, 0.5) is 13.2 Å². The van der Waals surface area contributed by atoms with Crippen LogP contribution >= 0.6 is 0 Å². The van der Waals surface area contributed by atoms with Crippen LogP contribution < -0.4 is 0 Å². The summed E-state index contributed by atoms with van der Waals surface area (Å²) in [6.07, 6.45) is -4.58. The van der Waals surface area contributed by atoms with E-state index in [0.717, 1.165) is 4.57 Å². The van der Waals surface area contributed by atoms with E-state index in [1.165, 1.54) is 30.3 Å². The van der Waals surface area contributed by atoms with Gasteiger partial charge in [-0.05, 0) is 56.3 Å². The van der Waals surface area contributed by atoms with Crippen LogP contribution in [0.1, 0.15) is 36.1 Å². The first kappa shape index (κ1) is 19.6. The lowest BCUT2D eigenvalue weighted by Gasteiger charge is -2.14. The van der Waals surface area contributed by atoms with E-state index in [2.05, 4.69) is 15.2 Å². The molecule has 7 nitrogen and oxygen atoms in total. The molecule has 1 N–H and O–H groups in total. The quantitative estimate of drug-likeness (QED) is 0.500. The van der Waals surface area contributed by atoms with Crippen LogP contribution in [-0.2, 0) is 6.18 Å². The summed E-state index contributed by atoms with van der Waals surface area (Å²) in [6.45, 7) is 3.31. The van der Waals surface area contributed by atoms with E-state index in [0.29, 0.717) is 16.6 Å². The van der Waals surface area contributed by atoms with Crippen molar-refractivity contribution < 1.29 is 27.5 Å². The molecule has 2 aromatic heterocycles. The van der Waals surface area contributed by atoms with E-state index < -0.39 is 24.0 Å². The second kappa shape index (κ2) is 6.97. The molecule has 4 rings (SSSR count). The molecule has 0 aliphatic heterocycles. The van der Waals surface area contributed by atoms with Gasteiger partial charge in [0.15, 0.2) is 0 Å². The fourth-order valence-electron chi connectivity index (χ4n) is 3.17. The molecule has 4 aromatic rings. The van der Waals surface area contributed by atoms with E-state index in [9.17, 15) is 18.0 Å². The van der Waals surface area contributed by atoms with Gasteiger partial charge in [0.2, 0.25) is 17.6 Å². The van der Waals surface area contributed by atoms with Crippen molar-refractivity contribution >= 4 is 17.0 Å². The molecule has 154 valence electrons. The van der Waals surface area contributed by atoms with Gasteiger partial charge in [-0.15, -0.1) is 10.2 Å². The highest BCUT2D eigenvalue weighted by Gasteiger charge is 2.38. The molecule has 30 heavy (non-hydrogen) atoms. The Bertz CT molecular complexity index is 1240. The van der Waals surface area contributed by atoms with Gasteiger partial charge < -0.3 is 14.1 Å². The number of carbonyl (C=O) groups is 1. The highest BCUT2D eigenvalue weighted by Crippen LogP contribution is 2.35. The smallest absolute Gasteiger partial charge is 0.449 e. The van der Waals surface area contributed by atoms with Crippen LogP contribution in [0, 0.1) is 0 Å². The van der Waals surface area contributed by atoms with Gasteiger partial charge >= 0.3 is 12.1 Å². The van der Waals surface area contributed by atoms with Gasteiger partial charge in [-0.3, -0.25) is 0 Å². The van der Waals surface area contributed by atoms with Gasteiger partial charge in [0.05, 0.1) is 16.6 Å². The normalized spacial score (nSPS) is 12.1. The van der Waals surface area contributed by atoms with Crippen molar-refractivity contribution in [1.29, 1.82) is 0 Å². The van der Waals surface area contributed by atoms with Crippen LogP contribution in [0.15, 0.2) is 46.9 Å². The summed E-state index contributed by atoms with van der Waals surface area (Å²) in [5.74, 6) is -1.75. The van der Waals surface area contributed by atoms with E-state index in [1.807, 2.05) is 0 Å². The Kier molecular flexibility index (Phi) is 4.56. The summed E-state index contributed by atoms with van der Waals surface area (Å²) in [5, 5.41) is 16.9. The summed E-state index contributed by atoms with van der Waals surface area (Å²) in [7, 11) is 0. The topological polar surface area (TPSA) is 94.0 Å². The minimum Gasteiger partial charge on any atom is -0.478 e. The minimum atomic E-state index is -4.58. The number of nitrogens with zero attached hydrogens (tertiary/aromatic N) is 4. The Morgan fingerprint density at radius 3 is 2.20 bits per heavy atom. The molecule has 0 radical (unpaired) electrons. The number of halogens is 3. The van der Waals surface area contributed by atoms with E-state index in [4.69, 9.17) is 9.52 Å². The number of hydrogen-bond donors (Lipinski definition) is 1. The number of rotatable bonds is 4. The number of benzene rings is 2. The van der Waals surface area contributed by atoms with Gasteiger partial charge in [-0.2, -0.15) is 13.2 Å². The third-order valence-corrected chi connectivity index (χ3v) is 4.51. The molecule has 0 saturated heterocycles. The first-order valence-corrected chi connectivity index (χ1v) is 8.92. The standard InChI is InChI=1S/C20H15F3N4O3/c1-10(2)27-15-8-7-13(9-14(15)24-19(27)20(21,22)23)17-26-25-16(30-17)11-3-5-12(6-4-11)18(28)29/h3-10H,1-2H3,(H,28,29). The largest absolute Gasteiger partial charge is 0.478 e. The van der Waals surface area contributed by atoms with Crippen molar-refractivity contribution in [2.24, 2.45) is 0 Å². The summed E-state index contributed by atoms with van der Waals surface area (Å²) < 4.78 is 46.9. The lowest BCUT2D eigenvalue weighted by molar-refractivity contribution is -0.147. The molecule has 0 amide bonds. The highest BCUT2D eigenvalue weighted by molar-refractivity contribution is 5.88. The van der Waals surface area contributed by atoms with Crippen molar-refractivity contribution in [2.45, 2.75) is 26.1 Å². The number of carboxylic acids is 1. The molecule has 10 heteroatoms. The molecular weight excluding hydrogens is 401 g/mol. The third kappa shape index (κ3) is 3.40. The van der Waals surface area contributed by atoms with Crippen LogP contribution in [0.2, 0.25) is 0 Å². The molecule has 2 aromatic carbocycles. The first-order valence-electron chi connectivity index (χ1n) is 8.92. The average Bonchev–Trinajstić information content (AvgIpc) is 3.32. The molecular formula is C20H15F3N4O3. The highest BCUT2D eigenvalue weighted by atomic mass is 19.4. The fraction of sp³-hybridized carbons (Fsp3) is 0.200. The molecule has 0 aliphatic carbocycles. The average molecular weight is 416 g/mol. The number of alkyl halides is 3. The predicted octanol–water partition coefficient (Wildman–Crippen LogP) is 5.05. The van der Waals surface area contributed by atoms with Crippen molar-refractivity contribution in [3.8, 4) is 22.9 Å². The van der Waals surface area contributed by atoms with Crippen LogP contribution in [-0.4, -0.2) is 30.8 Å². The number of aromatic nitrogens is 4. The Morgan fingerprint density at radius 1 is 1.03 bits per heavy atom. The van der Waals surface area contributed by atoms with Crippen molar-refractivity contribution in [1.82, 2.24) is 19.7 Å². The molecule has 0 saturated carbocycles. The third-order valence-electron chi connectivity index (χ3n) is 4.51. The zero-order valence-corrected chi connectivity index (χ0v) is 15.8. The Hall–Kier alpha value is -3.69. The molecule has 0 bridgehead atoms. The maximum absolute atomic E-state index is 13.4. The van der Waals surface area contributed by atoms with E-state index in [-0.39, 0.29) is 22.9 Å². The van der Waals surface area contributed by atoms with Crippen LogP contribution in [0.5, 0.6) is 0 Å². The molecule has 0 atom stereocenters. The number of carboxylic acid groups (broad SMARTS) is 1. The van der Waals surface area contributed by atoms with Crippen LogP contribution in [0.25, 0.3) is 33.9 Å². The second-order valence-electron chi connectivity index (χ2n) is 6.90. The number of hydrogen-bond acceptors (Lipinski definition) is 5. The Morgan fingerprint density at radius 2 is 1.63 bits per heavy atom. The monoisotopic (exact) mass is 416 g/mol. The molecule has 0 spiro atoms. The SMILES string of the molecule is CC(C)n1c(C(F)(F)F)nc2cc(-c3nnc(-c4ccc(C(=O)O)cc4)o3)ccc21. The first-order chi connectivity index (χ1) is 14.1. The summed E-state index contributed by atoms with van der Waals surface area (Å²) in [4.78, 5) is 14.7. The maximum atomic E-state index is 13.4. The minimum absolute atomic E-state index is 0.113. The predicted molar refractivity (Wildman–Crippen MR) is 101 cm³/mol. The van der Waals surface area contributed by atoms with Gasteiger partial charge in [-0.1, -0.05) is 0 Å². The van der Waals surface area contributed by atoms with Crippen molar-refractivity contribution in [3.63, 3.8) is 0 Å². The second-order valence-corrected chi connectivity index (χ2v) is 6.90. The molecule has 0 fully saturated rings. The number of aromatic carboxylic acids is 1. The zero-order chi connectivity index (χ0) is 21.6. The molecule has 2 heterocycles. The van der Waals surface area contributed by atoms with E-state index in [1.54, 1.807) is 26.0 Å². The maximum Gasteiger partial charge on any atom is 0.449 e. The summed E-state index contributed by atoms with van der Waals surface area (Å²) in [6, 6.07) is 10.0. The van der Waals surface area contributed by atoms with Crippen molar-refractivity contribution in [3.05, 3.63) is 53.9 Å². The van der Waals surface area contributed by atoms with Gasteiger partial charge in [0.25, 0.3) is 0 Å². The summed E-state index contributed by atoms with van der Waals surface area (Å²) in [5.41, 5.74) is 1.57. The number of fused-ring (bicyclic) bond motifs is 1. The van der Waals surface area contributed by atoms with E-state index >= 15 is 0 Å². The Labute approximate surface area is 167 Å². The Balaban J connectivity index is 1.73. The van der Waals surface area contributed by atoms with Gasteiger partial charge in [-0.25, -0.2) is 9.78 Å². The van der Waals surface area contributed by atoms with Gasteiger partial charge in [0, 0.05) is 17.2 Å². The van der Waals surface area contributed by atoms with Crippen LogP contribution in [0.3, 0.4) is 0 Å². The fourth-order valence-corrected chi connectivity index (χ4v) is 3.17. The molecule has 0 aliphatic rings. The number of imidazole rings is 1. The molecule has 0 unspecified atom stereocenters.